The van der Waals surface area contributed by atoms with Crippen LogP contribution in [0, 0.1) is 5.92 Å². The lowest BCUT2D eigenvalue weighted by Gasteiger charge is -2.14. The van der Waals surface area contributed by atoms with Crippen LogP contribution in [0.5, 0.6) is 0 Å². The van der Waals surface area contributed by atoms with Gasteiger partial charge >= 0.3 is 5.97 Å². The van der Waals surface area contributed by atoms with Crippen molar-refractivity contribution in [2.45, 2.75) is 44.8 Å². The van der Waals surface area contributed by atoms with E-state index in [4.69, 9.17) is 4.74 Å². The van der Waals surface area contributed by atoms with E-state index in [-0.39, 0.29) is 6.61 Å². The van der Waals surface area contributed by atoms with Crippen LogP contribution in [0.3, 0.4) is 0 Å². The van der Waals surface area contributed by atoms with Crippen molar-refractivity contribution in [1.29, 1.82) is 0 Å². The van der Waals surface area contributed by atoms with Crippen LogP contribution in [0.25, 0.3) is 0 Å². The Hall–Kier alpha value is -1.35. The second-order valence-electron chi connectivity index (χ2n) is 5.00. The average Bonchev–Trinajstić information content (AvgIpc) is 2.90. The van der Waals surface area contributed by atoms with Crippen LogP contribution < -0.4 is 0 Å². The summed E-state index contributed by atoms with van der Waals surface area (Å²) in [6.45, 7) is 0.237. The lowest BCUT2D eigenvalue weighted by atomic mass is 10.0. The summed E-state index contributed by atoms with van der Waals surface area (Å²) in [7, 11) is 0. The molecule has 98 valence electrons. The van der Waals surface area contributed by atoms with E-state index in [0.29, 0.717) is 12.3 Å². The fraction of sp³-hybridized carbons (Fsp3) is 0.533. The van der Waals surface area contributed by atoms with Crippen LogP contribution in [0.15, 0.2) is 30.3 Å². The van der Waals surface area contributed by atoms with Gasteiger partial charge in [0.2, 0.25) is 0 Å². The van der Waals surface area contributed by atoms with Gasteiger partial charge in [-0.25, -0.2) is 4.79 Å². The van der Waals surface area contributed by atoms with Crippen molar-refractivity contribution in [2.24, 2.45) is 5.92 Å². The van der Waals surface area contributed by atoms with Gasteiger partial charge in [0, 0.05) is 0 Å². The van der Waals surface area contributed by atoms with Gasteiger partial charge in [0.15, 0.2) is 6.10 Å². The molecule has 0 aromatic heterocycles. The molecule has 0 spiro atoms. The molecule has 1 aliphatic rings. The van der Waals surface area contributed by atoms with Crippen molar-refractivity contribution in [3.63, 3.8) is 0 Å². The smallest absolute Gasteiger partial charge is 0.335 e. The second-order valence-corrected chi connectivity index (χ2v) is 5.00. The maximum absolute atomic E-state index is 11.6. The Morgan fingerprint density at radius 3 is 2.61 bits per heavy atom. The third-order valence-corrected chi connectivity index (χ3v) is 3.53. The van der Waals surface area contributed by atoms with Gasteiger partial charge in [-0.2, -0.15) is 0 Å². The predicted molar refractivity (Wildman–Crippen MR) is 68.8 cm³/mol. The normalized spacial score (nSPS) is 17.6. The topological polar surface area (TPSA) is 46.5 Å². The molecule has 3 nitrogen and oxygen atoms in total. The fourth-order valence-corrected chi connectivity index (χ4v) is 2.48. The molecule has 1 unspecified atom stereocenters. The number of rotatable bonds is 5. The van der Waals surface area contributed by atoms with Gasteiger partial charge in [0.05, 0.1) is 0 Å². The molecule has 0 aliphatic heterocycles. The van der Waals surface area contributed by atoms with Gasteiger partial charge in [-0.1, -0.05) is 56.0 Å². The molecule has 0 amide bonds. The van der Waals surface area contributed by atoms with E-state index >= 15 is 0 Å². The van der Waals surface area contributed by atoms with Gasteiger partial charge in [-0.3, -0.25) is 0 Å². The van der Waals surface area contributed by atoms with E-state index in [9.17, 15) is 9.90 Å². The first kappa shape index (κ1) is 13.1. The van der Waals surface area contributed by atoms with Crippen molar-refractivity contribution >= 4 is 5.97 Å². The minimum absolute atomic E-state index is 0.237. The molecule has 1 saturated carbocycles. The average molecular weight is 248 g/mol. The molecule has 3 heteroatoms. The zero-order chi connectivity index (χ0) is 12.8. The highest BCUT2D eigenvalue weighted by atomic mass is 16.5. The molecule has 2 rings (SSSR count). The summed E-state index contributed by atoms with van der Waals surface area (Å²) >= 11 is 0. The number of benzene rings is 1. The number of esters is 1. The number of ether oxygens (including phenoxy) is 1. The third-order valence-electron chi connectivity index (χ3n) is 3.53. The molecule has 0 radical (unpaired) electrons. The Balaban J connectivity index is 1.73. The summed E-state index contributed by atoms with van der Waals surface area (Å²) in [5, 5.41) is 9.78. The molecule has 1 aromatic carbocycles. The maximum Gasteiger partial charge on any atom is 0.335 e. The summed E-state index contributed by atoms with van der Waals surface area (Å²) < 4.78 is 5.11. The van der Waals surface area contributed by atoms with Crippen LogP contribution >= 0.6 is 0 Å². The van der Waals surface area contributed by atoms with Crippen molar-refractivity contribution in [3.05, 3.63) is 35.9 Å². The molecule has 1 N–H and O–H groups in total. The maximum atomic E-state index is 11.6. The minimum atomic E-state index is -0.961. The first-order valence-electron chi connectivity index (χ1n) is 6.64. The summed E-state index contributed by atoms with van der Waals surface area (Å²) in [6.07, 6.45) is 4.28. The van der Waals surface area contributed by atoms with Crippen molar-refractivity contribution < 1.29 is 14.6 Å². The highest BCUT2D eigenvalue weighted by molar-refractivity contribution is 5.74. The molecule has 1 aromatic rings. The number of hydrogen-bond acceptors (Lipinski definition) is 3. The predicted octanol–water partition coefficient (Wildman–Crippen LogP) is 2.67. The Labute approximate surface area is 108 Å². The molecule has 18 heavy (non-hydrogen) atoms. The van der Waals surface area contributed by atoms with Gasteiger partial charge < -0.3 is 9.84 Å². The van der Waals surface area contributed by atoms with Crippen LogP contribution in [-0.2, 0) is 16.1 Å². The first-order valence-corrected chi connectivity index (χ1v) is 6.64. The molecular weight excluding hydrogens is 228 g/mol. The van der Waals surface area contributed by atoms with E-state index in [1.807, 2.05) is 30.3 Å². The standard InChI is InChI=1S/C15H20O3/c16-14(10-12-6-4-5-7-12)15(17)18-11-13-8-2-1-3-9-13/h1-3,8-9,12,14,16H,4-7,10-11H2. The van der Waals surface area contributed by atoms with Gasteiger partial charge in [0.1, 0.15) is 6.61 Å². The minimum Gasteiger partial charge on any atom is -0.459 e. The van der Waals surface area contributed by atoms with E-state index < -0.39 is 12.1 Å². The zero-order valence-electron chi connectivity index (χ0n) is 10.5. The second kappa shape index (κ2) is 6.55. The Morgan fingerprint density at radius 2 is 1.94 bits per heavy atom. The summed E-state index contributed by atoms with van der Waals surface area (Å²) in [6, 6.07) is 9.52. The molecule has 1 fully saturated rings. The molecule has 1 atom stereocenters. The molecule has 0 bridgehead atoms. The van der Waals surface area contributed by atoms with Crippen LogP contribution in [0.2, 0.25) is 0 Å². The SMILES string of the molecule is O=C(OCc1ccccc1)C(O)CC1CCCC1. The van der Waals surface area contributed by atoms with E-state index in [1.54, 1.807) is 0 Å². The van der Waals surface area contributed by atoms with Crippen LogP contribution in [-0.4, -0.2) is 17.2 Å². The molecular formula is C15H20O3. The quantitative estimate of drug-likeness (QED) is 0.815. The number of aliphatic hydroxyl groups excluding tert-OH is 1. The van der Waals surface area contributed by atoms with Crippen molar-refractivity contribution in [3.8, 4) is 0 Å². The van der Waals surface area contributed by atoms with Gasteiger partial charge in [-0.15, -0.1) is 0 Å². The van der Waals surface area contributed by atoms with E-state index in [1.165, 1.54) is 12.8 Å². The molecule has 1 aliphatic carbocycles. The van der Waals surface area contributed by atoms with Gasteiger partial charge in [0.25, 0.3) is 0 Å². The third kappa shape index (κ3) is 3.84. The zero-order valence-corrected chi connectivity index (χ0v) is 10.5. The highest BCUT2D eigenvalue weighted by Gasteiger charge is 2.24. The van der Waals surface area contributed by atoms with Crippen molar-refractivity contribution in [1.82, 2.24) is 0 Å². The Kier molecular flexibility index (Phi) is 4.76. The van der Waals surface area contributed by atoms with Gasteiger partial charge in [-0.05, 0) is 17.9 Å². The molecule has 0 heterocycles. The van der Waals surface area contributed by atoms with Crippen LogP contribution in [0.4, 0.5) is 0 Å². The van der Waals surface area contributed by atoms with Crippen LogP contribution in [0.1, 0.15) is 37.7 Å². The lowest BCUT2D eigenvalue weighted by Crippen LogP contribution is -2.25. The summed E-state index contributed by atoms with van der Waals surface area (Å²) in [5.41, 5.74) is 0.943. The van der Waals surface area contributed by atoms with E-state index in [0.717, 1.165) is 18.4 Å². The number of carbonyl (C=O) groups excluding carboxylic acids is 1. The molecule has 0 saturated heterocycles. The monoisotopic (exact) mass is 248 g/mol. The number of carbonyl (C=O) groups is 1. The number of hydrogen-bond donors (Lipinski definition) is 1. The largest absolute Gasteiger partial charge is 0.459 e. The fourth-order valence-electron chi connectivity index (χ4n) is 2.48. The Bertz CT molecular complexity index is 369. The summed E-state index contributed by atoms with van der Waals surface area (Å²) in [5.74, 6) is -0.00460. The van der Waals surface area contributed by atoms with E-state index in [2.05, 4.69) is 0 Å². The summed E-state index contributed by atoms with van der Waals surface area (Å²) in [4.78, 5) is 11.6. The van der Waals surface area contributed by atoms with Crippen molar-refractivity contribution in [2.75, 3.05) is 0 Å². The lowest BCUT2D eigenvalue weighted by molar-refractivity contribution is -0.155. The first-order chi connectivity index (χ1) is 8.75. The Morgan fingerprint density at radius 1 is 1.28 bits per heavy atom. The highest BCUT2D eigenvalue weighted by Crippen LogP contribution is 2.28. The number of aliphatic hydroxyl groups is 1.